The molecule has 5 nitrogen and oxygen atoms in total. The number of hydrogen-bond donors (Lipinski definition) is 2. The summed E-state index contributed by atoms with van der Waals surface area (Å²) >= 11 is 1.43. The number of H-pyrrole nitrogens is 1. The SMILES string of the molecule is CC(C)c1nsc(NCCc2c[nH]c3ncccc23)n1. The van der Waals surface area contributed by atoms with E-state index in [-0.39, 0.29) is 0 Å². The molecule has 0 unspecified atom stereocenters. The van der Waals surface area contributed by atoms with Crippen molar-refractivity contribution in [2.45, 2.75) is 26.2 Å². The summed E-state index contributed by atoms with van der Waals surface area (Å²) in [5.41, 5.74) is 2.22. The summed E-state index contributed by atoms with van der Waals surface area (Å²) in [7, 11) is 0. The van der Waals surface area contributed by atoms with Crippen molar-refractivity contribution in [2.75, 3.05) is 11.9 Å². The second kappa shape index (κ2) is 5.58. The van der Waals surface area contributed by atoms with Crippen LogP contribution in [0.5, 0.6) is 0 Å². The van der Waals surface area contributed by atoms with Crippen molar-refractivity contribution in [2.24, 2.45) is 0 Å². The van der Waals surface area contributed by atoms with E-state index >= 15 is 0 Å². The molecular weight excluding hydrogens is 270 g/mol. The Kier molecular flexibility index (Phi) is 3.64. The molecule has 0 radical (unpaired) electrons. The minimum atomic E-state index is 0.376. The molecule has 3 aromatic heterocycles. The Morgan fingerprint density at radius 3 is 3.10 bits per heavy atom. The lowest BCUT2D eigenvalue weighted by molar-refractivity contribution is 0.799. The number of aromatic nitrogens is 4. The van der Waals surface area contributed by atoms with Crippen LogP contribution in [0.15, 0.2) is 24.5 Å². The normalized spacial score (nSPS) is 11.3. The number of pyridine rings is 1. The fraction of sp³-hybridized carbons (Fsp3) is 0.357. The number of nitrogens with one attached hydrogen (secondary N) is 2. The van der Waals surface area contributed by atoms with Crippen LogP contribution in [0.1, 0.15) is 31.2 Å². The molecule has 0 aliphatic heterocycles. The third kappa shape index (κ3) is 2.65. The van der Waals surface area contributed by atoms with Crippen LogP contribution in [0.2, 0.25) is 0 Å². The average molecular weight is 287 g/mol. The molecule has 0 spiro atoms. The first-order chi connectivity index (χ1) is 9.74. The van der Waals surface area contributed by atoms with Crippen LogP contribution in [0.4, 0.5) is 5.13 Å². The summed E-state index contributed by atoms with van der Waals surface area (Å²) in [6, 6.07) is 4.06. The molecule has 0 atom stereocenters. The number of nitrogens with zero attached hydrogens (tertiary/aromatic N) is 3. The third-order valence-electron chi connectivity index (χ3n) is 3.17. The van der Waals surface area contributed by atoms with Crippen molar-refractivity contribution < 1.29 is 0 Å². The first-order valence-electron chi connectivity index (χ1n) is 6.72. The maximum atomic E-state index is 4.47. The highest BCUT2D eigenvalue weighted by atomic mass is 32.1. The van der Waals surface area contributed by atoms with Crippen LogP contribution in [0, 0.1) is 0 Å². The summed E-state index contributed by atoms with van der Waals surface area (Å²) in [5.74, 6) is 1.29. The monoisotopic (exact) mass is 287 g/mol. The van der Waals surface area contributed by atoms with E-state index in [1.54, 1.807) is 6.20 Å². The van der Waals surface area contributed by atoms with Crippen molar-refractivity contribution >= 4 is 27.7 Å². The van der Waals surface area contributed by atoms with Crippen LogP contribution in [0.3, 0.4) is 0 Å². The molecule has 3 heterocycles. The summed E-state index contributed by atoms with van der Waals surface area (Å²) in [5, 5.41) is 5.42. The molecule has 20 heavy (non-hydrogen) atoms. The fourth-order valence-electron chi connectivity index (χ4n) is 2.06. The lowest BCUT2D eigenvalue weighted by atomic mass is 10.1. The molecule has 0 fully saturated rings. The highest BCUT2D eigenvalue weighted by molar-refractivity contribution is 7.09. The zero-order valence-electron chi connectivity index (χ0n) is 11.6. The van der Waals surface area contributed by atoms with Crippen LogP contribution in [0.25, 0.3) is 11.0 Å². The Bertz CT molecular complexity index is 700. The van der Waals surface area contributed by atoms with Crippen molar-refractivity contribution in [1.82, 2.24) is 19.3 Å². The van der Waals surface area contributed by atoms with Crippen LogP contribution >= 0.6 is 11.5 Å². The standard InChI is InChI=1S/C14H17N5S/c1-9(2)12-18-14(20-19-12)16-7-5-10-8-17-13-11(10)4-3-6-15-13/h3-4,6,8-9H,5,7H2,1-2H3,(H,15,17)(H,16,18,19). The van der Waals surface area contributed by atoms with E-state index in [9.17, 15) is 0 Å². The van der Waals surface area contributed by atoms with Gasteiger partial charge in [0.05, 0.1) is 0 Å². The smallest absolute Gasteiger partial charge is 0.202 e. The van der Waals surface area contributed by atoms with E-state index < -0.39 is 0 Å². The Morgan fingerprint density at radius 2 is 2.30 bits per heavy atom. The molecule has 3 aromatic rings. The van der Waals surface area contributed by atoms with Gasteiger partial charge in [-0.1, -0.05) is 13.8 Å². The first kappa shape index (κ1) is 13.1. The Balaban J connectivity index is 1.62. The molecule has 0 aliphatic carbocycles. The molecule has 6 heteroatoms. The zero-order valence-corrected chi connectivity index (χ0v) is 12.4. The molecule has 0 aromatic carbocycles. The van der Waals surface area contributed by atoms with Gasteiger partial charge in [0.25, 0.3) is 0 Å². The molecule has 2 N–H and O–H groups in total. The number of fused-ring (bicyclic) bond motifs is 1. The minimum absolute atomic E-state index is 0.376. The predicted octanol–water partition coefficient (Wildman–Crippen LogP) is 3.19. The van der Waals surface area contributed by atoms with Gasteiger partial charge in [0, 0.05) is 41.8 Å². The van der Waals surface area contributed by atoms with Gasteiger partial charge < -0.3 is 10.3 Å². The van der Waals surface area contributed by atoms with E-state index in [4.69, 9.17) is 0 Å². The van der Waals surface area contributed by atoms with Gasteiger partial charge in [0.2, 0.25) is 5.13 Å². The summed E-state index contributed by atoms with van der Waals surface area (Å²) in [6.07, 6.45) is 4.76. The highest BCUT2D eigenvalue weighted by Gasteiger charge is 2.08. The average Bonchev–Trinajstić information content (AvgIpc) is 3.06. The molecule has 0 bridgehead atoms. The van der Waals surface area contributed by atoms with Crippen molar-refractivity contribution in [1.29, 1.82) is 0 Å². The summed E-state index contributed by atoms with van der Waals surface area (Å²) in [4.78, 5) is 12.0. The quantitative estimate of drug-likeness (QED) is 0.756. The Morgan fingerprint density at radius 1 is 1.40 bits per heavy atom. The maximum Gasteiger partial charge on any atom is 0.202 e. The zero-order chi connectivity index (χ0) is 13.9. The van der Waals surface area contributed by atoms with Crippen molar-refractivity contribution in [3.8, 4) is 0 Å². The summed E-state index contributed by atoms with van der Waals surface area (Å²) < 4.78 is 4.33. The van der Waals surface area contributed by atoms with Crippen LogP contribution in [-0.2, 0) is 6.42 Å². The molecular formula is C14H17N5S. The van der Waals surface area contributed by atoms with E-state index in [1.165, 1.54) is 22.5 Å². The molecule has 3 rings (SSSR count). The van der Waals surface area contributed by atoms with Crippen molar-refractivity contribution in [3.05, 3.63) is 35.9 Å². The largest absolute Gasteiger partial charge is 0.360 e. The van der Waals surface area contributed by atoms with Crippen LogP contribution in [-0.4, -0.2) is 25.9 Å². The molecule has 0 saturated carbocycles. The van der Waals surface area contributed by atoms with E-state index in [0.29, 0.717) is 5.92 Å². The molecule has 0 amide bonds. The number of anilines is 1. The minimum Gasteiger partial charge on any atom is -0.360 e. The Labute approximate surface area is 121 Å². The Hall–Kier alpha value is -1.95. The van der Waals surface area contributed by atoms with Gasteiger partial charge in [-0.2, -0.15) is 4.37 Å². The van der Waals surface area contributed by atoms with Gasteiger partial charge in [-0.25, -0.2) is 9.97 Å². The van der Waals surface area contributed by atoms with Crippen LogP contribution < -0.4 is 5.32 Å². The van der Waals surface area contributed by atoms with Gasteiger partial charge in [-0.05, 0) is 24.1 Å². The van der Waals surface area contributed by atoms with Crippen molar-refractivity contribution in [3.63, 3.8) is 0 Å². The topological polar surface area (TPSA) is 66.5 Å². The highest BCUT2D eigenvalue weighted by Crippen LogP contribution is 2.19. The molecule has 0 aliphatic rings. The van der Waals surface area contributed by atoms with E-state index in [1.807, 2.05) is 12.3 Å². The predicted molar refractivity (Wildman–Crippen MR) is 82.3 cm³/mol. The summed E-state index contributed by atoms with van der Waals surface area (Å²) in [6.45, 7) is 5.05. The second-order valence-corrected chi connectivity index (χ2v) is 5.75. The fourth-order valence-corrected chi connectivity index (χ4v) is 2.80. The second-order valence-electron chi connectivity index (χ2n) is 5.00. The number of aromatic amines is 1. The lowest BCUT2D eigenvalue weighted by Gasteiger charge is -2.01. The van der Waals surface area contributed by atoms with E-state index in [2.05, 4.69) is 44.6 Å². The van der Waals surface area contributed by atoms with Gasteiger partial charge in [0.1, 0.15) is 11.5 Å². The molecule has 0 saturated heterocycles. The third-order valence-corrected chi connectivity index (χ3v) is 3.85. The van der Waals surface area contributed by atoms with E-state index in [0.717, 1.165) is 29.6 Å². The maximum absolute atomic E-state index is 4.47. The van der Waals surface area contributed by atoms with Gasteiger partial charge >= 0.3 is 0 Å². The first-order valence-corrected chi connectivity index (χ1v) is 7.50. The lowest BCUT2D eigenvalue weighted by Crippen LogP contribution is -2.04. The van der Waals surface area contributed by atoms with Gasteiger partial charge in [-0.15, -0.1) is 0 Å². The van der Waals surface area contributed by atoms with Gasteiger partial charge in [0.15, 0.2) is 0 Å². The van der Waals surface area contributed by atoms with Gasteiger partial charge in [-0.3, -0.25) is 0 Å². The number of hydrogen-bond acceptors (Lipinski definition) is 5. The molecule has 104 valence electrons. The number of rotatable bonds is 5.